The van der Waals surface area contributed by atoms with Crippen molar-refractivity contribution in [2.75, 3.05) is 11.5 Å². The summed E-state index contributed by atoms with van der Waals surface area (Å²) in [5.41, 5.74) is 5.33. The molecule has 1 amide bonds. The molecule has 9 heteroatoms. The highest BCUT2D eigenvalue weighted by Crippen LogP contribution is 2.23. The second-order valence-corrected chi connectivity index (χ2v) is 6.40. The molecule has 1 heterocycles. The molecule has 0 aliphatic carbocycles. The summed E-state index contributed by atoms with van der Waals surface area (Å²) in [4.78, 5) is 11.1. The van der Waals surface area contributed by atoms with Gasteiger partial charge in [0, 0.05) is 11.5 Å². The second kappa shape index (κ2) is 4.91. The first-order chi connectivity index (χ1) is 7.64. The molecule has 0 radical (unpaired) electrons. The van der Waals surface area contributed by atoms with Crippen molar-refractivity contribution in [1.82, 2.24) is 0 Å². The standard InChI is InChI=1S/C8H13F3N2O3S/c9-8(10,11)6(14)2-4-17(16)3-1-5(12)7(15)13-17/h5-6,14H,1-4,12H2/t5-,6-,17+/m0/s1. The molecule has 0 bridgehead atoms. The van der Waals surface area contributed by atoms with Crippen LogP contribution in [0.25, 0.3) is 0 Å². The normalized spacial score (nSPS) is 32.1. The Hall–Kier alpha value is -0.670. The van der Waals surface area contributed by atoms with Crippen molar-refractivity contribution in [2.24, 2.45) is 10.1 Å². The van der Waals surface area contributed by atoms with E-state index in [-0.39, 0.29) is 12.2 Å². The van der Waals surface area contributed by atoms with Gasteiger partial charge in [-0.1, -0.05) is 0 Å². The third-order valence-corrected chi connectivity index (χ3v) is 4.67. The van der Waals surface area contributed by atoms with Gasteiger partial charge >= 0.3 is 6.18 Å². The number of carbonyl (C=O) groups excluding carboxylic acids is 1. The maximum Gasteiger partial charge on any atom is 0.414 e. The summed E-state index contributed by atoms with van der Waals surface area (Å²) in [5, 5.41) is 8.75. The summed E-state index contributed by atoms with van der Waals surface area (Å²) in [6, 6.07) is -0.822. The number of rotatable bonds is 3. The van der Waals surface area contributed by atoms with Crippen LogP contribution < -0.4 is 5.73 Å². The van der Waals surface area contributed by atoms with Crippen molar-refractivity contribution in [3.63, 3.8) is 0 Å². The van der Waals surface area contributed by atoms with E-state index < -0.39 is 46.1 Å². The van der Waals surface area contributed by atoms with Gasteiger partial charge in [0.2, 0.25) is 0 Å². The van der Waals surface area contributed by atoms with Gasteiger partial charge < -0.3 is 10.8 Å². The fourth-order valence-electron chi connectivity index (χ4n) is 1.32. The zero-order valence-electron chi connectivity index (χ0n) is 8.81. The fraction of sp³-hybridized carbons (Fsp3) is 0.875. The highest BCUT2D eigenvalue weighted by Gasteiger charge is 2.38. The molecule has 0 unspecified atom stereocenters. The Kier molecular flexibility index (Phi) is 4.15. The van der Waals surface area contributed by atoms with Gasteiger partial charge in [0.05, 0.1) is 15.8 Å². The summed E-state index contributed by atoms with van der Waals surface area (Å²) >= 11 is 0. The van der Waals surface area contributed by atoms with Crippen LogP contribution in [0, 0.1) is 0 Å². The number of hydrogen-bond acceptors (Lipinski definition) is 4. The lowest BCUT2D eigenvalue weighted by molar-refractivity contribution is -0.203. The first-order valence-electron chi connectivity index (χ1n) is 4.91. The third kappa shape index (κ3) is 3.93. The SMILES string of the molecule is N[C@H]1CC[S@@](=O)(CC[C@H](O)C(F)(F)F)=NC1=O. The number of amides is 1. The van der Waals surface area contributed by atoms with Crippen LogP contribution in [-0.2, 0) is 14.5 Å². The van der Waals surface area contributed by atoms with Crippen LogP contribution in [-0.4, -0.2) is 45.1 Å². The molecule has 0 aromatic rings. The number of hydrogen-bond donors (Lipinski definition) is 2. The molecule has 1 aliphatic heterocycles. The Bertz CT molecular complexity index is 415. The van der Waals surface area contributed by atoms with E-state index in [2.05, 4.69) is 4.36 Å². The average Bonchev–Trinajstić information content (AvgIpc) is 2.20. The molecule has 1 aliphatic rings. The van der Waals surface area contributed by atoms with Crippen molar-refractivity contribution in [1.29, 1.82) is 0 Å². The van der Waals surface area contributed by atoms with Crippen molar-refractivity contribution in [2.45, 2.75) is 31.2 Å². The van der Waals surface area contributed by atoms with E-state index in [4.69, 9.17) is 10.8 Å². The van der Waals surface area contributed by atoms with E-state index in [1.165, 1.54) is 0 Å². The van der Waals surface area contributed by atoms with Crippen LogP contribution in [0.15, 0.2) is 4.36 Å². The largest absolute Gasteiger partial charge is 0.414 e. The molecule has 1 rings (SSSR count). The number of aliphatic hydroxyl groups excluding tert-OH is 1. The van der Waals surface area contributed by atoms with Crippen LogP contribution in [0.4, 0.5) is 13.2 Å². The minimum atomic E-state index is -4.75. The smallest absolute Gasteiger partial charge is 0.384 e. The number of nitrogens with zero attached hydrogens (tertiary/aromatic N) is 1. The fourth-order valence-corrected chi connectivity index (χ4v) is 3.38. The third-order valence-electron chi connectivity index (χ3n) is 2.41. The summed E-state index contributed by atoms with van der Waals surface area (Å²) < 4.78 is 51.2. The van der Waals surface area contributed by atoms with E-state index in [1.807, 2.05) is 0 Å². The van der Waals surface area contributed by atoms with Gasteiger partial charge in [-0.15, -0.1) is 0 Å². The van der Waals surface area contributed by atoms with Crippen molar-refractivity contribution in [3.05, 3.63) is 0 Å². The summed E-state index contributed by atoms with van der Waals surface area (Å²) in [6.07, 6.45) is -7.87. The summed E-state index contributed by atoms with van der Waals surface area (Å²) in [6.45, 7) is 0. The maximum atomic E-state index is 12.0. The Labute approximate surface area is 96.4 Å². The van der Waals surface area contributed by atoms with Crippen molar-refractivity contribution >= 4 is 15.6 Å². The summed E-state index contributed by atoms with van der Waals surface area (Å²) in [7, 11) is -2.99. The van der Waals surface area contributed by atoms with E-state index >= 15 is 0 Å². The highest BCUT2D eigenvalue weighted by molar-refractivity contribution is 7.93. The van der Waals surface area contributed by atoms with Gasteiger partial charge in [-0.25, -0.2) is 4.21 Å². The first kappa shape index (κ1) is 14.4. The average molecular weight is 274 g/mol. The predicted molar refractivity (Wildman–Crippen MR) is 54.6 cm³/mol. The number of alkyl halides is 3. The second-order valence-electron chi connectivity index (χ2n) is 3.85. The van der Waals surface area contributed by atoms with Crippen LogP contribution in [0.2, 0.25) is 0 Å². The number of halogens is 3. The monoisotopic (exact) mass is 274 g/mol. The first-order valence-corrected chi connectivity index (χ1v) is 6.76. The maximum absolute atomic E-state index is 12.0. The molecular weight excluding hydrogens is 261 g/mol. The quantitative estimate of drug-likeness (QED) is 0.759. The minimum absolute atomic E-state index is 0.00944. The van der Waals surface area contributed by atoms with Gasteiger partial charge in [-0.2, -0.15) is 17.5 Å². The van der Waals surface area contributed by atoms with E-state index in [0.717, 1.165) is 0 Å². The molecule has 0 fully saturated rings. The molecule has 3 N–H and O–H groups in total. The lowest BCUT2D eigenvalue weighted by Crippen LogP contribution is -2.38. The van der Waals surface area contributed by atoms with Crippen molar-refractivity contribution in [3.8, 4) is 0 Å². The summed E-state index contributed by atoms with van der Waals surface area (Å²) in [5.74, 6) is -1.21. The van der Waals surface area contributed by atoms with Crippen LogP contribution in [0.5, 0.6) is 0 Å². The zero-order chi connectivity index (χ0) is 13.3. The molecule has 3 atom stereocenters. The van der Waals surface area contributed by atoms with Crippen LogP contribution >= 0.6 is 0 Å². The molecule has 17 heavy (non-hydrogen) atoms. The molecule has 100 valence electrons. The van der Waals surface area contributed by atoms with Gasteiger partial charge in [0.15, 0.2) is 6.10 Å². The number of aliphatic hydroxyl groups is 1. The van der Waals surface area contributed by atoms with E-state index in [1.54, 1.807) is 0 Å². The topological polar surface area (TPSA) is 92.8 Å². The molecule has 0 spiro atoms. The molecule has 0 saturated carbocycles. The zero-order valence-corrected chi connectivity index (χ0v) is 9.63. The van der Waals surface area contributed by atoms with Gasteiger partial charge in [0.1, 0.15) is 0 Å². The van der Waals surface area contributed by atoms with E-state index in [0.29, 0.717) is 0 Å². The van der Waals surface area contributed by atoms with Crippen LogP contribution in [0.1, 0.15) is 12.8 Å². The Morgan fingerprint density at radius 3 is 2.65 bits per heavy atom. The van der Waals surface area contributed by atoms with Gasteiger partial charge in [-0.3, -0.25) is 4.79 Å². The lowest BCUT2D eigenvalue weighted by atomic mass is 10.2. The van der Waals surface area contributed by atoms with Gasteiger partial charge in [-0.05, 0) is 12.8 Å². The lowest BCUT2D eigenvalue weighted by Gasteiger charge is -2.20. The van der Waals surface area contributed by atoms with Crippen LogP contribution in [0.3, 0.4) is 0 Å². The molecular formula is C8H13F3N2O3S. The molecule has 0 aromatic heterocycles. The molecule has 5 nitrogen and oxygen atoms in total. The number of carbonyl (C=O) groups is 1. The number of nitrogens with two attached hydrogens (primary N) is 1. The van der Waals surface area contributed by atoms with E-state index in [9.17, 15) is 22.2 Å². The Morgan fingerprint density at radius 2 is 2.18 bits per heavy atom. The molecule has 0 saturated heterocycles. The minimum Gasteiger partial charge on any atom is -0.384 e. The Balaban J connectivity index is 2.67. The highest BCUT2D eigenvalue weighted by atomic mass is 32.2. The van der Waals surface area contributed by atoms with Crippen molar-refractivity contribution < 1.29 is 27.3 Å². The Morgan fingerprint density at radius 1 is 1.59 bits per heavy atom. The van der Waals surface area contributed by atoms with Gasteiger partial charge in [0.25, 0.3) is 5.91 Å². The predicted octanol–water partition coefficient (Wildman–Crippen LogP) is 0.0253. The molecule has 0 aromatic carbocycles.